The van der Waals surface area contributed by atoms with Crippen molar-refractivity contribution in [1.29, 1.82) is 0 Å². The molecule has 0 N–H and O–H groups in total. The molecular weight excluding hydrogens is 599 g/mol. The topological polar surface area (TPSA) is 48.6 Å². The first-order valence-corrected chi connectivity index (χ1v) is 15.1. The lowest BCUT2D eigenvalue weighted by Gasteiger charge is -2.37. The molecule has 0 atom stereocenters. The molecular formula is C39H32F3N3O2. The zero-order chi connectivity index (χ0) is 32.7. The lowest BCUT2D eigenvalue weighted by atomic mass is 9.77. The van der Waals surface area contributed by atoms with Crippen molar-refractivity contribution in [1.82, 2.24) is 9.55 Å². The van der Waals surface area contributed by atoms with Crippen molar-refractivity contribution in [3.05, 3.63) is 191 Å². The van der Waals surface area contributed by atoms with Crippen molar-refractivity contribution in [2.45, 2.75) is 31.9 Å². The first-order chi connectivity index (χ1) is 22.8. The number of nitrogens with zero attached hydrogens (tertiary/aromatic N) is 3. The van der Waals surface area contributed by atoms with Crippen molar-refractivity contribution in [2.75, 3.05) is 0 Å². The molecule has 8 heteroatoms. The van der Waals surface area contributed by atoms with Crippen LogP contribution in [0.25, 0.3) is 0 Å². The lowest BCUT2D eigenvalue weighted by molar-refractivity contribution is -0.137. The molecule has 0 aliphatic carbocycles. The van der Waals surface area contributed by atoms with Crippen LogP contribution in [0.5, 0.6) is 5.75 Å². The third-order valence-corrected chi connectivity index (χ3v) is 7.97. The molecule has 47 heavy (non-hydrogen) atoms. The van der Waals surface area contributed by atoms with E-state index in [1.807, 2.05) is 55.0 Å². The molecule has 0 saturated heterocycles. The zero-order valence-corrected chi connectivity index (χ0v) is 25.6. The Balaban J connectivity index is 1.16. The molecule has 1 heterocycles. The number of imidazole rings is 1. The van der Waals surface area contributed by atoms with Gasteiger partial charge >= 0.3 is 6.18 Å². The second-order valence-electron chi connectivity index (χ2n) is 11.0. The minimum Gasteiger partial charge on any atom is -0.487 e. The van der Waals surface area contributed by atoms with E-state index in [2.05, 4.69) is 82.5 Å². The molecule has 6 rings (SSSR count). The molecule has 0 spiro atoms. The quantitative estimate of drug-likeness (QED) is 0.0814. The summed E-state index contributed by atoms with van der Waals surface area (Å²) in [6.45, 7) is 2.13. The maximum Gasteiger partial charge on any atom is 0.416 e. The van der Waals surface area contributed by atoms with Gasteiger partial charge in [-0.3, -0.25) is 0 Å². The Hall–Kier alpha value is -5.63. The average molecular weight is 632 g/mol. The largest absolute Gasteiger partial charge is 0.487 e. The fraction of sp³-hybridized carbons (Fsp3) is 0.128. The van der Waals surface area contributed by atoms with Crippen molar-refractivity contribution >= 4 is 5.71 Å². The second-order valence-corrected chi connectivity index (χ2v) is 11.0. The summed E-state index contributed by atoms with van der Waals surface area (Å²) in [5.41, 5.74) is 4.80. The smallest absolute Gasteiger partial charge is 0.416 e. The van der Waals surface area contributed by atoms with Crippen LogP contribution in [0.2, 0.25) is 0 Å². The molecule has 0 bridgehead atoms. The summed E-state index contributed by atoms with van der Waals surface area (Å²) < 4.78 is 46.6. The number of ether oxygens (including phenoxy) is 1. The summed E-state index contributed by atoms with van der Waals surface area (Å²) in [7, 11) is 0. The Kier molecular flexibility index (Phi) is 9.20. The van der Waals surface area contributed by atoms with Gasteiger partial charge in [0.1, 0.15) is 24.5 Å². The van der Waals surface area contributed by atoms with E-state index in [-0.39, 0.29) is 13.2 Å². The molecule has 6 aromatic rings. The average Bonchev–Trinajstić information content (AvgIpc) is 3.58. The van der Waals surface area contributed by atoms with E-state index in [0.717, 1.165) is 40.1 Å². The van der Waals surface area contributed by atoms with Crippen LogP contribution in [0.1, 0.15) is 46.0 Å². The van der Waals surface area contributed by atoms with Gasteiger partial charge in [-0.1, -0.05) is 108 Å². The first-order valence-electron chi connectivity index (χ1n) is 15.1. The van der Waals surface area contributed by atoms with Gasteiger partial charge in [0, 0.05) is 6.20 Å². The minimum absolute atomic E-state index is 0.0590. The lowest BCUT2D eigenvalue weighted by Crippen LogP contribution is -2.36. The molecule has 0 aliphatic rings. The van der Waals surface area contributed by atoms with Gasteiger partial charge in [0.15, 0.2) is 0 Å². The number of aromatic nitrogens is 2. The zero-order valence-electron chi connectivity index (χ0n) is 25.6. The summed E-state index contributed by atoms with van der Waals surface area (Å²) >= 11 is 0. The number of hydrogen-bond acceptors (Lipinski definition) is 4. The van der Waals surface area contributed by atoms with Gasteiger partial charge in [-0.25, -0.2) is 4.98 Å². The second kappa shape index (κ2) is 13.8. The monoisotopic (exact) mass is 631 g/mol. The number of hydrogen-bond donors (Lipinski definition) is 0. The van der Waals surface area contributed by atoms with Crippen LogP contribution in [-0.4, -0.2) is 15.3 Å². The standard InChI is InChI=1S/C39H32F3N3O2/c1-29(44-47-26-30-17-21-35(22-18-30)39(40,41)42)31-19-23-37(24-20-31)46-27-36-25-45(28-43-36)38(32-11-5-2-6-12-32,33-13-7-3-8-14-33)34-15-9-4-10-16-34/h2-25,28H,26-27H2,1H3/b44-29+. The Morgan fingerprint density at radius 2 is 1.19 bits per heavy atom. The van der Waals surface area contributed by atoms with Crippen LogP contribution >= 0.6 is 0 Å². The van der Waals surface area contributed by atoms with Crippen LogP contribution in [0.3, 0.4) is 0 Å². The van der Waals surface area contributed by atoms with E-state index in [1.165, 1.54) is 12.1 Å². The van der Waals surface area contributed by atoms with Crippen molar-refractivity contribution < 1.29 is 22.7 Å². The van der Waals surface area contributed by atoms with Crippen LogP contribution in [0, 0.1) is 0 Å². The molecule has 0 radical (unpaired) electrons. The molecule has 1 aromatic heterocycles. The summed E-state index contributed by atoms with van der Waals surface area (Å²) in [6.07, 6.45) is -0.476. The van der Waals surface area contributed by atoms with Crippen molar-refractivity contribution in [3.8, 4) is 5.75 Å². The van der Waals surface area contributed by atoms with Gasteiger partial charge in [0.2, 0.25) is 0 Å². The van der Waals surface area contributed by atoms with E-state index < -0.39 is 17.3 Å². The molecule has 0 aliphatic heterocycles. The van der Waals surface area contributed by atoms with Gasteiger partial charge in [0.25, 0.3) is 0 Å². The maximum atomic E-state index is 12.8. The van der Waals surface area contributed by atoms with Gasteiger partial charge in [-0.15, -0.1) is 0 Å². The van der Waals surface area contributed by atoms with E-state index in [9.17, 15) is 13.2 Å². The highest BCUT2D eigenvalue weighted by Crippen LogP contribution is 2.40. The molecule has 0 unspecified atom stereocenters. The Morgan fingerprint density at radius 3 is 1.70 bits per heavy atom. The third-order valence-electron chi connectivity index (χ3n) is 7.97. The van der Waals surface area contributed by atoms with Gasteiger partial charge in [-0.2, -0.15) is 13.2 Å². The normalized spacial score (nSPS) is 12.1. The summed E-state index contributed by atoms with van der Waals surface area (Å²) in [4.78, 5) is 10.1. The van der Waals surface area contributed by atoms with Crippen LogP contribution < -0.4 is 4.74 Å². The SMILES string of the molecule is C/C(=N\OCc1ccc(C(F)(F)F)cc1)c1ccc(OCc2cn(C(c3ccccc3)(c3ccccc3)c3ccccc3)cn2)cc1. The fourth-order valence-electron chi connectivity index (χ4n) is 5.60. The molecule has 236 valence electrons. The molecule has 0 amide bonds. The first kappa shape index (κ1) is 31.4. The number of rotatable bonds is 11. The van der Waals surface area contributed by atoms with Crippen LogP contribution in [-0.2, 0) is 29.8 Å². The Morgan fingerprint density at radius 1 is 0.660 bits per heavy atom. The third kappa shape index (κ3) is 6.97. The van der Waals surface area contributed by atoms with E-state index >= 15 is 0 Å². The maximum absolute atomic E-state index is 12.8. The Labute approximate surface area is 271 Å². The Bertz CT molecular complexity index is 1810. The molecule has 0 saturated carbocycles. The predicted octanol–water partition coefficient (Wildman–Crippen LogP) is 9.26. The highest BCUT2D eigenvalue weighted by molar-refractivity contribution is 5.98. The van der Waals surface area contributed by atoms with Crippen LogP contribution in [0.4, 0.5) is 13.2 Å². The minimum atomic E-state index is -4.37. The van der Waals surface area contributed by atoms with Crippen LogP contribution in [0.15, 0.2) is 157 Å². The molecule has 5 aromatic carbocycles. The van der Waals surface area contributed by atoms with Gasteiger partial charge in [-0.05, 0) is 71.1 Å². The highest BCUT2D eigenvalue weighted by atomic mass is 19.4. The van der Waals surface area contributed by atoms with E-state index in [0.29, 0.717) is 17.0 Å². The summed E-state index contributed by atoms with van der Waals surface area (Å²) in [6, 6.07) is 43.5. The number of alkyl halides is 3. The highest BCUT2D eigenvalue weighted by Gasteiger charge is 2.38. The number of halogens is 3. The summed E-state index contributed by atoms with van der Waals surface area (Å²) in [5.74, 6) is 0.669. The fourth-order valence-corrected chi connectivity index (χ4v) is 5.60. The van der Waals surface area contributed by atoms with Gasteiger partial charge in [0.05, 0.1) is 23.3 Å². The van der Waals surface area contributed by atoms with E-state index in [1.54, 1.807) is 6.92 Å². The predicted molar refractivity (Wildman–Crippen MR) is 176 cm³/mol. The van der Waals surface area contributed by atoms with Crippen molar-refractivity contribution in [3.63, 3.8) is 0 Å². The van der Waals surface area contributed by atoms with Crippen molar-refractivity contribution in [2.24, 2.45) is 5.16 Å². The number of benzene rings is 5. The van der Waals surface area contributed by atoms with Gasteiger partial charge < -0.3 is 14.1 Å². The molecule has 0 fully saturated rings. The molecule has 5 nitrogen and oxygen atoms in total. The number of oxime groups is 1. The summed E-state index contributed by atoms with van der Waals surface area (Å²) in [5, 5.41) is 4.13. The van der Waals surface area contributed by atoms with E-state index in [4.69, 9.17) is 14.6 Å².